The van der Waals surface area contributed by atoms with Crippen molar-refractivity contribution in [1.29, 1.82) is 0 Å². The number of thiophene rings is 1. The minimum Gasteiger partial charge on any atom is -0.136 e. The summed E-state index contributed by atoms with van der Waals surface area (Å²) < 4.78 is 2.84. The molecule has 0 saturated heterocycles. The predicted molar refractivity (Wildman–Crippen MR) is 72.8 cm³/mol. The SMILES string of the molecule is C[C]1C=c2sc3cc(C)ccc3c2=CC1C. The number of hydrogen-bond donors (Lipinski definition) is 0. The van der Waals surface area contributed by atoms with Gasteiger partial charge < -0.3 is 0 Å². The van der Waals surface area contributed by atoms with Gasteiger partial charge in [-0.1, -0.05) is 38.1 Å². The maximum atomic E-state index is 2.40. The van der Waals surface area contributed by atoms with Crippen LogP contribution in [0.3, 0.4) is 0 Å². The molecule has 0 spiro atoms. The molecule has 0 saturated carbocycles. The third kappa shape index (κ3) is 1.42. The van der Waals surface area contributed by atoms with Crippen LogP contribution in [0, 0.1) is 18.8 Å². The molecule has 0 bridgehead atoms. The van der Waals surface area contributed by atoms with Crippen LogP contribution < -0.4 is 9.75 Å². The van der Waals surface area contributed by atoms with E-state index in [2.05, 4.69) is 51.1 Å². The Morgan fingerprint density at radius 3 is 2.81 bits per heavy atom. The fraction of sp³-hybridized carbons (Fsp3) is 0.267. The van der Waals surface area contributed by atoms with E-state index in [9.17, 15) is 0 Å². The Morgan fingerprint density at radius 1 is 1.19 bits per heavy atom. The summed E-state index contributed by atoms with van der Waals surface area (Å²) in [5, 5.41) is 2.86. The highest BCUT2D eigenvalue weighted by molar-refractivity contribution is 7.17. The van der Waals surface area contributed by atoms with Crippen LogP contribution in [0.4, 0.5) is 0 Å². The van der Waals surface area contributed by atoms with Crippen LogP contribution in [0.5, 0.6) is 0 Å². The zero-order valence-corrected chi connectivity index (χ0v) is 10.7. The summed E-state index contributed by atoms with van der Waals surface area (Å²) in [5.74, 6) is 2.04. The molecule has 16 heavy (non-hydrogen) atoms. The number of rotatable bonds is 0. The first kappa shape index (κ1) is 10.1. The monoisotopic (exact) mass is 227 g/mol. The van der Waals surface area contributed by atoms with Crippen LogP contribution in [0.25, 0.3) is 22.2 Å². The van der Waals surface area contributed by atoms with Gasteiger partial charge >= 0.3 is 0 Å². The molecule has 1 aliphatic carbocycles. The summed E-state index contributed by atoms with van der Waals surface area (Å²) in [6.45, 7) is 6.65. The molecular weight excluding hydrogens is 212 g/mol. The molecule has 1 atom stereocenters. The Bertz CT molecular complexity index is 661. The van der Waals surface area contributed by atoms with Gasteiger partial charge in [0.15, 0.2) is 0 Å². The smallest absolute Gasteiger partial charge is 0.0357 e. The highest BCUT2D eigenvalue weighted by Crippen LogP contribution is 2.22. The molecule has 0 N–H and O–H groups in total. The quantitative estimate of drug-likeness (QED) is 0.649. The Kier molecular flexibility index (Phi) is 2.18. The molecule has 1 aliphatic rings. The molecule has 1 heterocycles. The van der Waals surface area contributed by atoms with E-state index in [0.29, 0.717) is 5.92 Å². The second kappa shape index (κ2) is 3.46. The highest BCUT2D eigenvalue weighted by Gasteiger charge is 2.13. The van der Waals surface area contributed by atoms with Gasteiger partial charge in [-0.3, -0.25) is 0 Å². The lowest BCUT2D eigenvalue weighted by molar-refractivity contribution is 0.837. The van der Waals surface area contributed by atoms with E-state index < -0.39 is 0 Å². The van der Waals surface area contributed by atoms with Crippen molar-refractivity contribution in [2.45, 2.75) is 20.8 Å². The maximum Gasteiger partial charge on any atom is 0.0357 e. The lowest BCUT2D eigenvalue weighted by Gasteiger charge is -2.13. The third-order valence-corrected chi connectivity index (χ3v) is 4.52. The van der Waals surface area contributed by atoms with E-state index in [0.717, 1.165) is 0 Å². The molecule has 1 unspecified atom stereocenters. The minimum atomic E-state index is 0.576. The van der Waals surface area contributed by atoms with Crippen molar-refractivity contribution in [3.05, 3.63) is 39.4 Å². The first-order valence-corrected chi connectivity index (χ1v) is 6.53. The molecule has 3 rings (SSSR count). The standard InChI is InChI=1S/C15H15S/c1-9-4-5-12-13-7-10(2)11(3)8-15(13)16-14(12)6-9/h4-8,10H,1-3H3. The average Bonchev–Trinajstić information content (AvgIpc) is 2.55. The normalized spacial score (nSPS) is 20.3. The number of benzene rings is 1. The zero-order valence-electron chi connectivity index (χ0n) is 9.87. The summed E-state index contributed by atoms with van der Waals surface area (Å²) in [4.78, 5) is 0. The topological polar surface area (TPSA) is 0 Å². The zero-order chi connectivity index (χ0) is 11.3. The molecule has 81 valence electrons. The molecule has 0 amide bonds. The van der Waals surface area contributed by atoms with Gasteiger partial charge in [-0.2, -0.15) is 0 Å². The molecule has 1 aromatic heterocycles. The van der Waals surface area contributed by atoms with E-state index >= 15 is 0 Å². The molecule has 1 aromatic carbocycles. The van der Waals surface area contributed by atoms with Gasteiger partial charge in [-0.15, -0.1) is 11.3 Å². The van der Waals surface area contributed by atoms with Gasteiger partial charge in [0, 0.05) is 20.5 Å². The Balaban J connectivity index is 2.45. The Morgan fingerprint density at radius 2 is 2.00 bits per heavy atom. The summed E-state index contributed by atoms with van der Waals surface area (Å²) in [6.07, 6.45) is 4.75. The summed E-state index contributed by atoms with van der Waals surface area (Å²) in [6, 6.07) is 6.76. The molecule has 1 radical (unpaired) electrons. The van der Waals surface area contributed by atoms with Crippen molar-refractivity contribution in [3.63, 3.8) is 0 Å². The van der Waals surface area contributed by atoms with Crippen molar-refractivity contribution in [1.82, 2.24) is 0 Å². The van der Waals surface area contributed by atoms with Gasteiger partial charge in [0.2, 0.25) is 0 Å². The van der Waals surface area contributed by atoms with Crippen LogP contribution in [-0.4, -0.2) is 0 Å². The number of hydrogen-bond acceptors (Lipinski definition) is 1. The highest BCUT2D eigenvalue weighted by atomic mass is 32.1. The summed E-state index contributed by atoms with van der Waals surface area (Å²) in [5.41, 5.74) is 1.35. The van der Waals surface area contributed by atoms with Gasteiger partial charge in [0.05, 0.1) is 0 Å². The van der Waals surface area contributed by atoms with Crippen molar-refractivity contribution in [3.8, 4) is 0 Å². The Hall–Kier alpha value is -1.08. The molecule has 0 aliphatic heterocycles. The molecular formula is C15H15S. The van der Waals surface area contributed by atoms with Crippen molar-refractivity contribution < 1.29 is 0 Å². The van der Waals surface area contributed by atoms with Gasteiger partial charge in [0.25, 0.3) is 0 Å². The van der Waals surface area contributed by atoms with Crippen LogP contribution >= 0.6 is 11.3 Å². The second-order valence-electron chi connectivity index (χ2n) is 4.72. The van der Waals surface area contributed by atoms with Crippen LogP contribution in [0.1, 0.15) is 19.4 Å². The van der Waals surface area contributed by atoms with E-state index in [1.165, 1.54) is 31.3 Å². The largest absolute Gasteiger partial charge is 0.136 e. The molecule has 1 heteroatoms. The van der Waals surface area contributed by atoms with Crippen molar-refractivity contribution >= 4 is 33.6 Å². The molecule has 0 fully saturated rings. The third-order valence-electron chi connectivity index (χ3n) is 3.41. The first-order chi connectivity index (χ1) is 7.65. The maximum absolute atomic E-state index is 2.40. The fourth-order valence-electron chi connectivity index (χ4n) is 2.24. The van der Waals surface area contributed by atoms with Gasteiger partial charge in [0.1, 0.15) is 0 Å². The minimum absolute atomic E-state index is 0.576. The first-order valence-electron chi connectivity index (χ1n) is 5.71. The summed E-state index contributed by atoms with van der Waals surface area (Å²) >= 11 is 1.91. The van der Waals surface area contributed by atoms with Gasteiger partial charge in [-0.25, -0.2) is 0 Å². The van der Waals surface area contributed by atoms with Crippen LogP contribution in [-0.2, 0) is 0 Å². The van der Waals surface area contributed by atoms with E-state index in [-0.39, 0.29) is 0 Å². The fourth-order valence-corrected chi connectivity index (χ4v) is 3.54. The number of fused-ring (bicyclic) bond motifs is 3. The summed E-state index contributed by atoms with van der Waals surface area (Å²) in [7, 11) is 0. The molecule has 2 aromatic rings. The van der Waals surface area contributed by atoms with Crippen LogP contribution in [0.15, 0.2) is 18.2 Å². The van der Waals surface area contributed by atoms with E-state index in [1.807, 2.05) is 11.3 Å². The average molecular weight is 227 g/mol. The number of aryl methyl sites for hydroxylation is 1. The van der Waals surface area contributed by atoms with Crippen molar-refractivity contribution in [2.75, 3.05) is 0 Å². The molecule has 0 nitrogen and oxygen atoms in total. The van der Waals surface area contributed by atoms with Crippen LogP contribution in [0.2, 0.25) is 0 Å². The van der Waals surface area contributed by atoms with E-state index in [1.54, 1.807) is 0 Å². The second-order valence-corrected chi connectivity index (χ2v) is 5.81. The van der Waals surface area contributed by atoms with Crippen molar-refractivity contribution in [2.24, 2.45) is 5.92 Å². The predicted octanol–water partition coefficient (Wildman–Crippen LogP) is 3.01. The van der Waals surface area contributed by atoms with Gasteiger partial charge in [-0.05, 0) is 29.7 Å². The van der Waals surface area contributed by atoms with E-state index in [4.69, 9.17) is 0 Å². The lowest BCUT2D eigenvalue weighted by atomic mass is 9.91. The lowest BCUT2D eigenvalue weighted by Crippen LogP contribution is -2.26. The Labute approximate surface area is 99.9 Å².